The number of nitriles is 1. The smallest absolute Gasteiger partial charge is 0.346 e. The maximum absolute atomic E-state index is 11.3. The van der Waals surface area contributed by atoms with Crippen molar-refractivity contribution in [3.63, 3.8) is 0 Å². The summed E-state index contributed by atoms with van der Waals surface area (Å²) in [7, 11) is 0. The van der Waals surface area contributed by atoms with Crippen LogP contribution >= 0.6 is 0 Å². The van der Waals surface area contributed by atoms with Gasteiger partial charge in [0.25, 0.3) is 0 Å². The van der Waals surface area contributed by atoms with Gasteiger partial charge in [0.1, 0.15) is 36.4 Å². The number of benzene rings is 3. The van der Waals surface area contributed by atoms with Crippen molar-refractivity contribution >= 4 is 22.8 Å². The van der Waals surface area contributed by atoms with Crippen LogP contribution in [0.3, 0.4) is 0 Å². The van der Waals surface area contributed by atoms with Crippen molar-refractivity contribution < 1.29 is 19.4 Å². The Morgan fingerprint density at radius 2 is 1.86 bits per heavy atom. The number of hydrogen-bond acceptors (Lipinski definition) is 4. The molecule has 0 fully saturated rings. The van der Waals surface area contributed by atoms with Crippen LogP contribution in [0.15, 0.2) is 66.2 Å². The van der Waals surface area contributed by atoms with Crippen LogP contribution in [0.1, 0.15) is 11.1 Å². The molecule has 0 aliphatic carbocycles. The van der Waals surface area contributed by atoms with E-state index in [0.29, 0.717) is 17.9 Å². The van der Waals surface area contributed by atoms with Crippen molar-refractivity contribution in [2.24, 2.45) is 0 Å². The molecule has 0 aromatic heterocycles. The molecule has 3 aromatic rings. The summed E-state index contributed by atoms with van der Waals surface area (Å²) >= 11 is 0. The first-order valence-electron chi connectivity index (χ1n) is 8.77. The Bertz CT molecular complexity index is 1080. The maximum Gasteiger partial charge on any atom is 0.346 e. The molecule has 0 saturated carbocycles. The van der Waals surface area contributed by atoms with E-state index >= 15 is 0 Å². The lowest BCUT2D eigenvalue weighted by Gasteiger charge is -2.13. The lowest BCUT2D eigenvalue weighted by molar-refractivity contribution is -0.132. The number of carboxylic acid groups (broad SMARTS) is 1. The summed E-state index contributed by atoms with van der Waals surface area (Å²) < 4.78 is 11.5. The van der Waals surface area contributed by atoms with Gasteiger partial charge < -0.3 is 14.6 Å². The van der Waals surface area contributed by atoms with Gasteiger partial charge in [0.15, 0.2) is 0 Å². The standard InChI is InChI=1S/C23H19NO4/c1-16-5-4-7-19(13-16)27-11-12-28-22-10-9-17-6-2-3-8-20(17)21(22)14-18(15-24)23(25)26/h2-10,13-14H,11-12H2,1H3,(H,25,26). The van der Waals surface area contributed by atoms with E-state index in [1.165, 1.54) is 6.08 Å². The average Bonchev–Trinajstić information content (AvgIpc) is 2.69. The molecule has 3 aromatic carbocycles. The van der Waals surface area contributed by atoms with E-state index in [-0.39, 0.29) is 12.2 Å². The van der Waals surface area contributed by atoms with E-state index in [9.17, 15) is 9.90 Å². The molecular weight excluding hydrogens is 354 g/mol. The molecule has 5 heteroatoms. The van der Waals surface area contributed by atoms with Crippen molar-refractivity contribution in [1.29, 1.82) is 5.26 Å². The van der Waals surface area contributed by atoms with E-state index in [2.05, 4.69) is 0 Å². The first-order chi connectivity index (χ1) is 13.6. The second kappa shape index (κ2) is 8.74. The van der Waals surface area contributed by atoms with E-state index in [4.69, 9.17) is 14.7 Å². The minimum Gasteiger partial charge on any atom is -0.490 e. The zero-order valence-corrected chi connectivity index (χ0v) is 15.4. The Kier molecular flexibility index (Phi) is 5.93. The van der Waals surface area contributed by atoms with Crippen LogP contribution in [0, 0.1) is 18.3 Å². The molecule has 0 bridgehead atoms. The monoisotopic (exact) mass is 373 g/mol. The molecule has 1 N–H and O–H groups in total. The molecule has 3 rings (SSSR count). The molecule has 140 valence electrons. The van der Waals surface area contributed by atoms with E-state index in [1.807, 2.05) is 61.5 Å². The van der Waals surface area contributed by atoms with Gasteiger partial charge in [-0.1, -0.05) is 42.5 Å². The number of hydrogen-bond donors (Lipinski definition) is 1. The number of carboxylic acids is 1. The van der Waals surface area contributed by atoms with Crippen molar-refractivity contribution in [1.82, 2.24) is 0 Å². The predicted octanol–water partition coefficient (Wildman–Crippen LogP) is 4.60. The van der Waals surface area contributed by atoms with E-state index in [1.54, 1.807) is 12.1 Å². The second-order valence-electron chi connectivity index (χ2n) is 6.19. The molecule has 0 saturated heterocycles. The maximum atomic E-state index is 11.3. The summed E-state index contributed by atoms with van der Waals surface area (Å²) in [6, 6.07) is 20.7. The molecule has 0 heterocycles. The van der Waals surface area contributed by atoms with Crippen LogP contribution in [-0.4, -0.2) is 24.3 Å². The van der Waals surface area contributed by atoms with Gasteiger partial charge in [-0.3, -0.25) is 0 Å². The van der Waals surface area contributed by atoms with Gasteiger partial charge in [0.05, 0.1) is 0 Å². The fourth-order valence-corrected chi connectivity index (χ4v) is 2.85. The topological polar surface area (TPSA) is 79.5 Å². The molecule has 0 spiro atoms. The molecule has 0 radical (unpaired) electrons. The first kappa shape index (κ1) is 19.0. The molecule has 0 unspecified atom stereocenters. The molecule has 28 heavy (non-hydrogen) atoms. The highest BCUT2D eigenvalue weighted by Crippen LogP contribution is 2.30. The van der Waals surface area contributed by atoms with Gasteiger partial charge in [-0.25, -0.2) is 4.79 Å². The predicted molar refractivity (Wildman–Crippen MR) is 107 cm³/mol. The third kappa shape index (κ3) is 4.49. The van der Waals surface area contributed by atoms with E-state index < -0.39 is 5.97 Å². The van der Waals surface area contributed by atoms with Crippen LogP contribution in [0.25, 0.3) is 16.8 Å². The van der Waals surface area contributed by atoms with Crippen LogP contribution in [0.5, 0.6) is 11.5 Å². The number of nitrogens with zero attached hydrogens (tertiary/aromatic N) is 1. The van der Waals surface area contributed by atoms with Gasteiger partial charge in [-0.15, -0.1) is 0 Å². The number of rotatable bonds is 7. The zero-order valence-electron chi connectivity index (χ0n) is 15.4. The van der Waals surface area contributed by atoms with Gasteiger partial charge in [0, 0.05) is 5.56 Å². The fourth-order valence-electron chi connectivity index (χ4n) is 2.85. The van der Waals surface area contributed by atoms with Crippen molar-refractivity contribution in [2.75, 3.05) is 13.2 Å². The first-order valence-corrected chi connectivity index (χ1v) is 8.77. The van der Waals surface area contributed by atoms with Crippen molar-refractivity contribution in [3.05, 3.63) is 77.4 Å². The van der Waals surface area contributed by atoms with E-state index in [0.717, 1.165) is 22.1 Å². The summed E-state index contributed by atoms with van der Waals surface area (Å²) in [5.74, 6) is -0.00965. The number of carbonyl (C=O) groups is 1. The van der Waals surface area contributed by atoms with Crippen molar-refractivity contribution in [3.8, 4) is 17.6 Å². The summed E-state index contributed by atoms with van der Waals surface area (Å²) in [5.41, 5.74) is 1.32. The lowest BCUT2D eigenvalue weighted by atomic mass is 10.0. The summed E-state index contributed by atoms with van der Waals surface area (Å²) in [5, 5.41) is 20.1. The summed E-state index contributed by atoms with van der Waals surface area (Å²) in [4.78, 5) is 11.3. The molecular formula is C23H19NO4. The van der Waals surface area contributed by atoms with Crippen LogP contribution < -0.4 is 9.47 Å². The molecule has 0 amide bonds. The average molecular weight is 373 g/mol. The Morgan fingerprint density at radius 3 is 2.61 bits per heavy atom. The largest absolute Gasteiger partial charge is 0.490 e. The third-order valence-electron chi connectivity index (χ3n) is 4.17. The third-order valence-corrected chi connectivity index (χ3v) is 4.17. The number of fused-ring (bicyclic) bond motifs is 1. The Balaban J connectivity index is 1.83. The van der Waals surface area contributed by atoms with Gasteiger partial charge >= 0.3 is 5.97 Å². The fraction of sp³-hybridized carbons (Fsp3) is 0.130. The zero-order chi connectivity index (χ0) is 19.9. The van der Waals surface area contributed by atoms with Crippen LogP contribution in [0.2, 0.25) is 0 Å². The van der Waals surface area contributed by atoms with Crippen molar-refractivity contribution in [2.45, 2.75) is 6.92 Å². The Morgan fingerprint density at radius 1 is 1.07 bits per heavy atom. The minimum atomic E-state index is -1.27. The van der Waals surface area contributed by atoms with Gasteiger partial charge in [0.2, 0.25) is 0 Å². The Labute approximate surface area is 163 Å². The number of ether oxygens (including phenoxy) is 2. The molecule has 0 aliphatic heterocycles. The highest BCUT2D eigenvalue weighted by molar-refractivity contribution is 6.01. The van der Waals surface area contributed by atoms with Crippen LogP contribution in [-0.2, 0) is 4.79 Å². The number of aliphatic carboxylic acids is 1. The second-order valence-corrected chi connectivity index (χ2v) is 6.19. The molecule has 0 atom stereocenters. The summed E-state index contributed by atoms with van der Waals surface area (Å²) in [6.45, 7) is 2.61. The highest BCUT2D eigenvalue weighted by atomic mass is 16.5. The SMILES string of the molecule is Cc1cccc(OCCOc2ccc3ccccc3c2C=C(C#N)C(=O)O)c1. The minimum absolute atomic E-state index is 0.280. The highest BCUT2D eigenvalue weighted by Gasteiger charge is 2.12. The molecule has 5 nitrogen and oxygen atoms in total. The Hall–Kier alpha value is -3.78. The lowest BCUT2D eigenvalue weighted by Crippen LogP contribution is -2.10. The summed E-state index contributed by atoms with van der Waals surface area (Å²) in [6.07, 6.45) is 1.35. The van der Waals surface area contributed by atoms with Gasteiger partial charge in [-0.2, -0.15) is 5.26 Å². The quantitative estimate of drug-likeness (QED) is 0.372. The normalized spacial score (nSPS) is 11.1. The van der Waals surface area contributed by atoms with Crippen LogP contribution in [0.4, 0.5) is 0 Å². The molecule has 0 aliphatic rings. The van der Waals surface area contributed by atoms with Gasteiger partial charge in [-0.05, 0) is 47.5 Å². The number of aryl methyl sites for hydroxylation is 1.